The van der Waals surface area contributed by atoms with E-state index in [1.54, 1.807) is 24.4 Å². The van der Waals surface area contributed by atoms with E-state index in [0.29, 0.717) is 15.1 Å². The Balaban J connectivity index is 2.21. The van der Waals surface area contributed by atoms with Crippen molar-refractivity contribution in [2.75, 3.05) is 0 Å². The highest BCUT2D eigenvalue weighted by molar-refractivity contribution is 7.99. The zero-order chi connectivity index (χ0) is 11.5. The number of hydrogen-bond acceptors (Lipinski definition) is 4. The van der Waals surface area contributed by atoms with Gasteiger partial charge in [-0.3, -0.25) is 0 Å². The number of aromatic nitrogens is 1. The van der Waals surface area contributed by atoms with Crippen LogP contribution in [0.1, 0.15) is 10.6 Å². The summed E-state index contributed by atoms with van der Waals surface area (Å²) < 4.78 is 5.07. The molecule has 2 rings (SSSR count). The molecule has 0 bridgehead atoms. The molecule has 0 saturated carbocycles. The number of pyridine rings is 1. The zero-order valence-corrected chi connectivity index (χ0v) is 9.46. The first-order valence-electron chi connectivity index (χ1n) is 4.28. The first-order valence-corrected chi connectivity index (χ1v) is 5.48. The van der Waals surface area contributed by atoms with Crippen molar-refractivity contribution in [1.82, 2.24) is 4.98 Å². The summed E-state index contributed by atoms with van der Waals surface area (Å²) in [7, 11) is 0. The number of nitrogens with zero attached hydrogens (tertiary/aromatic N) is 1. The van der Waals surface area contributed by atoms with Crippen LogP contribution < -0.4 is 0 Å². The molecule has 1 N–H and O–H groups in total. The van der Waals surface area contributed by atoms with Crippen molar-refractivity contribution < 1.29 is 14.3 Å². The number of carboxylic acids is 1. The second kappa shape index (κ2) is 4.59. The molecule has 0 unspecified atom stereocenters. The summed E-state index contributed by atoms with van der Waals surface area (Å²) in [5, 5.41) is 10.2. The van der Waals surface area contributed by atoms with Gasteiger partial charge in [0.15, 0.2) is 5.09 Å². The van der Waals surface area contributed by atoms with Crippen LogP contribution in [0.4, 0.5) is 0 Å². The Bertz CT molecular complexity index is 526. The predicted molar refractivity (Wildman–Crippen MR) is 59.0 cm³/mol. The molecule has 0 aliphatic rings. The zero-order valence-electron chi connectivity index (χ0n) is 7.88. The second-order valence-electron chi connectivity index (χ2n) is 2.82. The van der Waals surface area contributed by atoms with Gasteiger partial charge in [-0.1, -0.05) is 11.6 Å². The van der Waals surface area contributed by atoms with Gasteiger partial charge in [-0.15, -0.1) is 0 Å². The van der Waals surface area contributed by atoms with Crippen molar-refractivity contribution >= 4 is 29.3 Å². The number of hydrogen-bond donors (Lipinski definition) is 1. The Morgan fingerprint density at radius 2 is 2.25 bits per heavy atom. The fourth-order valence-electron chi connectivity index (χ4n) is 1.03. The third-order valence-corrected chi connectivity index (χ3v) is 3.07. The van der Waals surface area contributed by atoms with Gasteiger partial charge in [0.25, 0.3) is 0 Å². The highest BCUT2D eigenvalue weighted by Gasteiger charge is 2.11. The van der Waals surface area contributed by atoms with Crippen molar-refractivity contribution in [2.24, 2.45) is 0 Å². The van der Waals surface area contributed by atoms with E-state index in [9.17, 15) is 4.79 Å². The maximum absolute atomic E-state index is 10.6. The van der Waals surface area contributed by atoms with Gasteiger partial charge in [0.1, 0.15) is 5.03 Å². The van der Waals surface area contributed by atoms with Crippen LogP contribution in [0.15, 0.2) is 45.0 Å². The molecule has 0 aromatic carbocycles. The van der Waals surface area contributed by atoms with Crippen LogP contribution in [0, 0.1) is 0 Å². The molecule has 2 heterocycles. The van der Waals surface area contributed by atoms with E-state index < -0.39 is 5.97 Å². The van der Waals surface area contributed by atoms with Crippen molar-refractivity contribution in [3.8, 4) is 0 Å². The molecule has 0 radical (unpaired) electrons. The van der Waals surface area contributed by atoms with Gasteiger partial charge in [0, 0.05) is 6.20 Å². The van der Waals surface area contributed by atoms with Gasteiger partial charge in [0.05, 0.1) is 5.02 Å². The minimum absolute atomic E-state index is 0.102. The lowest BCUT2D eigenvalue weighted by atomic mass is 10.5. The van der Waals surface area contributed by atoms with Crippen LogP contribution in [-0.4, -0.2) is 16.1 Å². The second-order valence-corrected chi connectivity index (χ2v) is 4.22. The van der Waals surface area contributed by atoms with Crippen molar-refractivity contribution in [2.45, 2.75) is 10.1 Å². The summed E-state index contributed by atoms with van der Waals surface area (Å²) in [4.78, 5) is 14.6. The fraction of sp³-hybridized carbons (Fsp3) is 0. The summed E-state index contributed by atoms with van der Waals surface area (Å²) >= 11 is 7.08. The monoisotopic (exact) mass is 255 g/mol. The van der Waals surface area contributed by atoms with E-state index >= 15 is 0 Å². The van der Waals surface area contributed by atoms with E-state index in [0.717, 1.165) is 0 Å². The Morgan fingerprint density at radius 1 is 1.44 bits per heavy atom. The average Bonchev–Trinajstić information content (AvgIpc) is 2.70. The van der Waals surface area contributed by atoms with Gasteiger partial charge in [-0.25, -0.2) is 9.78 Å². The van der Waals surface area contributed by atoms with E-state index in [1.807, 2.05) is 0 Å². The molecular weight excluding hydrogens is 250 g/mol. The van der Waals surface area contributed by atoms with Crippen LogP contribution in [0.25, 0.3) is 0 Å². The summed E-state index contributed by atoms with van der Waals surface area (Å²) in [5.74, 6) is -1.20. The van der Waals surface area contributed by atoms with Gasteiger partial charge in [0.2, 0.25) is 5.76 Å². The minimum atomic E-state index is -1.10. The van der Waals surface area contributed by atoms with E-state index in [2.05, 4.69) is 4.98 Å². The lowest BCUT2D eigenvalue weighted by molar-refractivity contribution is 0.0656. The molecule has 0 spiro atoms. The maximum atomic E-state index is 10.6. The summed E-state index contributed by atoms with van der Waals surface area (Å²) in [6.45, 7) is 0. The van der Waals surface area contributed by atoms with Crippen LogP contribution in [0.5, 0.6) is 0 Å². The summed E-state index contributed by atoms with van der Waals surface area (Å²) in [6, 6.07) is 6.38. The lowest BCUT2D eigenvalue weighted by Gasteiger charge is -1.98. The normalized spacial score (nSPS) is 10.3. The standard InChI is InChI=1S/C10H6ClNO3S/c11-6-2-1-5-12-9(6)16-8-4-3-7(15-8)10(13)14/h1-5H,(H,13,14). The number of carboxylic acid groups (broad SMARTS) is 1. The van der Waals surface area contributed by atoms with Crippen molar-refractivity contribution in [1.29, 1.82) is 0 Å². The topological polar surface area (TPSA) is 63.3 Å². The van der Waals surface area contributed by atoms with Crippen molar-refractivity contribution in [3.05, 3.63) is 41.2 Å². The number of rotatable bonds is 3. The summed E-state index contributed by atoms with van der Waals surface area (Å²) in [6.07, 6.45) is 1.61. The molecule has 2 aromatic heterocycles. The number of aromatic carboxylic acids is 1. The van der Waals surface area contributed by atoms with E-state index in [4.69, 9.17) is 21.1 Å². The van der Waals surface area contributed by atoms with Gasteiger partial charge in [-0.2, -0.15) is 0 Å². The largest absolute Gasteiger partial charge is 0.475 e. The number of furan rings is 1. The number of carbonyl (C=O) groups is 1. The van der Waals surface area contributed by atoms with Crippen molar-refractivity contribution in [3.63, 3.8) is 0 Å². The Kier molecular flexibility index (Phi) is 3.17. The van der Waals surface area contributed by atoms with Gasteiger partial charge < -0.3 is 9.52 Å². The first-order chi connectivity index (χ1) is 7.66. The maximum Gasteiger partial charge on any atom is 0.371 e. The van der Waals surface area contributed by atoms with Gasteiger partial charge >= 0.3 is 5.97 Å². The molecule has 4 nitrogen and oxygen atoms in total. The first kappa shape index (κ1) is 11.0. The quantitative estimate of drug-likeness (QED) is 0.913. The van der Waals surface area contributed by atoms with Gasteiger partial charge in [-0.05, 0) is 36.0 Å². The Morgan fingerprint density at radius 3 is 2.88 bits per heavy atom. The molecule has 0 fully saturated rings. The third-order valence-electron chi connectivity index (χ3n) is 1.71. The molecule has 0 saturated heterocycles. The molecule has 0 atom stereocenters. The molecule has 16 heavy (non-hydrogen) atoms. The molecule has 6 heteroatoms. The molecule has 0 aliphatic heterocycles. The summed E-state index contributed by atoms with van der Waals surface area (Å²) in [5.41, 5.74) is 0. The van der Waals surface area contributed by atoms with E-state index in [1.165, 1.54) is 17.8 Å². The third kappa shape index (κ3) is 2.37. The molecule has 0 aliphatic carbocycles. The minimum Gasteiger partial charge on any atom is -0.475 e. The lowest BCUT2D eigenvalue weighted by Crippen LogP contribution is -1.91. The highest BCUT2D eigenvalue weighted by Crippen LogP contribution is 2.32. The Labute approximate surface area is 100 Å². The average molecular weight is 256 g/mol. The van der Waals surface area contributed by atoms with E-state index in [-0.39, 0.29) is 5.76 Å². The SMILES string of the molecule is O=C(O)c1ccc(Sc2ncccc2Cl)o1. The Hall–Kier alpha value is -1.46. The molecular formula is C10H6ClNO3S. The predicted octanol–water partition coefficient (Wildman–Crippen LogP) is 3.18. The van der Waals surface area contributed by atoms with Crippen LogP contribution in [0.3, 0.4) is 0 Å². The number of halogens is 1. The molecule has 2 aromatic rings. The smallest absolute Gasteiger partial charge is 0.371 e. The highest BCUT2D eigenvalue weighted by atomic mass is 35.5. The van der Waals surface area contributed by atoms with Crippen LogP contribution in [-0.2, 0) is 0 Å². The molecule has 0 amide bonds. The molecule has 82 valence electrons. The van der Waals surface area contributed by atoms with Crippen LogP contribution >= 0.6 is 23.4 Å². The van der Waals surface area contributed by atoms with Crippen LogP contribution in [0.2, 0.25) is 5.02 Å². The fourth-order valence-corrected chi connectivity index (χ4v) is 2.01.